The molecule has 0 unspecified atom stereocenters. The number of hydrogen-bond donors (Lipinski definition) is 2. The zero-order valence-corrected chi connectivity index (χ0v) is 11.3. The molecule has 2 aromatic rings. The van der Waals surface area contributed by atoms with Crippen molar-refractivity contribution in [2.45, 2.75) is 6.42 Å². The maximum absolute atomic E-state index is 13.5. The standard InChI is InChI=1S/C14H10ClF3N2O/c15-9-2-1-3-10(17)8(9)6-13(21)20-14-11(18)4-7(16)5-12(14)19/h1-5H,6,19H2,(H,20,21). The average molecular weight is 315 g/mol. The number of hydrogen-bond acceptors (Lipinski definition) is 2. The van der Waals surface area contributed by atoms with Crippen molar-refractivity contribution in [3.8, 4) is 0 Å². The normalized spacial score (nSPS) is 10.5. The van der Waals surface area contributed by atoms with Crippen LogP contribution in [0.25, 0.3) is 0 Å². The fourth-order valence-corrected chi connectivity index (χ4v) is 2.00. The quantitative estimate of drug-likeness (QED) is 0.852. The van der Waals surface area contributed by atoms with Crippen molar-refractivity contribution < 1.29 is 18.0 Å². The molecule has 2 rings (SSSR count). The summed E-state index contributed by atoms with van der Waals surface area (Å²) in [4.78, 5) is 11.8. The minimum absolute atomic E-state index is 0.0160. The van der Waals surface area contributed by atoms with Gasteiger partial charge in [0.05, 0.1) is 12.1 Å². The summed E-state index contributed by atoms with van der Waals surface area (Å²) >= 11 is 5.79. The summed E-state index contributed by atoms with van der Waals surface area (Å²) in [6.45, 7) is 0. The highest BCUT2D eigenvalue weighted by atomic mass is 35.5. The molecule has 0 saturated carbocycles. The number of benzene rings is 2. The van der Waals surface area contributed by atoms with Crippen LogP contribution in [0.1, 0.15) is 5.56 Å². The Morgan fingerprint density at radius 1 is 1.19 bits per heavy atom. The Balaban J connectivity index is 2.20. The summed E-state index contributed by atoms with van der Waals surface area (Å²) < 4.78 is 40.0. The Kier molecular flexibility index (Phi) is 4.37. The van der Waals surface area contributed by atoms with Crippen molar-refractivity contribution in [2.75, 3.05) is 11.1 Å². The highest BCUT2D eigenvalue weighted by molar-refractivity contribution is 6.31. The molecular formula is C14H10ClF3N2O. The van der Waals surface area contributed by atoms with E-state index in [1.807, 2.05) is 0 Å². The monoisotopic (exact) mass is 314 g/mol. The molecule has 0 atom stereocenters. The molecular weight excluding hydrogens is 305 g/mol. The van der Waals surface area contributed by atoms with Crippen molar-refractivity contribution in [3.63, 3.8) is 0 Å². The van der Waals surface area contributed by atoms with Crippen LogP contribution in [-0.4, -0.2) is 5.91 Å². The van der Waals surface area contributed by atoms with Crippen molar-refractivity contribution in [2.24, 2.45) is 0 Å². The van der Waals surface area contributed by atoms with E-state index in [0.29, 0.717) is 6.07 Å². The number of amides is 1. The molecule has 0 bridgehead atoms. The van der Waals surface area contributed by atoms with E-state index in [2.05, 4.69) is 5.32 Å². The van der Waals surface area contributed by atoms with Crippen LogP contribution in [0.2, 0.25) is 5.02 Å². The first kappa shape index (κ1) is 15.2. The lowest BCUT2D eigenvalue weighted by atomic mass is 10.1. The van der Waals surface area contributed by atoms with Gasteiger partial charge in [0.15, 0.2) is 5.82 Å². The SMILES string of the molecule is Nc1cc(F)cc(F)c1NC(=O)Cc1c(F)cccc1Cl. The van der Waals surface area contributed by atoms with Crippen molar-refractivity contribution in [1.82, 2.24) is 0 Å². The first-order valence-electron chi connectivity index (χ1n) is 5.85. The fourth-order valence-electron chi connectivity index (χ4n) is 1.77. The van der Waals surface area contributed by atoms with E-state index < -0.39 is 29.8 Å². The van der Waals surface area contributed by atoms with E-state index in [4.69, 9.17) is 17.3 Å². The van der Waals surface area contributed by atoms with Crippen molar-refractivity contribution in [3.05, 3.63) is 58.4 Å². The summed E-state index contributed by atoms with van der Waals surface area (Å²) in [6.07, 6.45) is -0.401. The van der Waals surface area contributed by atoms with E-state index in [1.54, 1.807) is 0 Å². The topological polar surface area (TPSA) is 55.1 Å². The largest absolute Gasteiger partial charge is 0.397 e. The third-order valence-corrected chi connectivity index (χ3v) is 3.10. The molecule has 0 aliphatic carbocycles. The number of anilines is 2. The number of rotatable bonds is 3. The van der Waals surface area contributed by atoms with Gasteiger partial charge in [0, 0.05) is 16.7 Å². The van der Waals surface area contributed by atoms with Crippen LogP contribution in [0.3, 0.4) is 0 Å². The Labute approximate surface area is 123 Å². The molecule has 7 heteroatoms. The third-order valence-electron chi connectivity index (χ3n) is 2.75. The molecule has 0 radical (unpaired) electrons. The van der Waals surface area contributed by atoms with E-state index in [0.717, 1.165) is 12.1 Å². The van der Waals surface area contributed by atoms with Crippen LogP contribution in [-0.2, 0) is 11.2 Å². The molecule has 0 aliphatic rings. The Hall–Kier alpha value is -2.21. The van der Waals surface area contributed by atoms with Gasteiger partial charge in [-0.1, -0.05) is 17.7 Å². The van der Waals surface area contributed by atoms with E-state index >= 15 is 0 Å². The van der Waals surface area contributed by atoms with Gasteiger partial charge in [-0.2, -0.15) is 0 Å². The molecule has 2 aromatic carbocycles. The minimum Gasteiger partial charge on any atom is -0.397 e. The summed E-state index contributed by atoms with van der Waals surface area (Å²) in [5.74, 6) is -3.25. The highest BCUT2D eigenvalue weighted by Crippen LogP contribution is 2.25. The number of carbonyl (C=O) groups is 1. The van der Waals surface area contributed by atoms with Gasteiger partial charge in [-0.15, -0.1) is 0 Å². The molecule has 0 saturated heterocycles. The second-order valence-electron chi connectivity index (χ2n) is 4.28. The molecule has 21 heavy (non-hydrogen) atoms. The minimum atomic E-state index is -1.01. The van der Waals surface area contributed by atoms with Gasteiger partial charge in [0.2, 0.25) is 5.91 Å². The molecule has 110 valence electrons. The van der Waals surface area contributed by atoms with Crippen LogP contribution in [0, 0.1) is 17.5 Å². The van der Waals surface area contributed by atoms with Gasteiger partial charge < -0.3 is 11.1 Å². The maximum atomic E-state index is 13.5. The van der Waals surface area contributed by atoms with E-state index in [1.165, 1.54) is 12.1 Å². The summed E-state index contributed by atoms with van der Waals surface area (Å²) in [5, 5.41) is 2.26. The van der Waals surface area contributed by atoms with Crippen LogP contribution < -0.4 is 11.1 Å². The second kappa shape index (κ2) is 6.05. The maximum Gasteiger partial charge on any atom is 0.229 e. The van der Waals surface area contributed by atoms with Gasteiger partial charge in [-0.3, -0.25) is 4.79 Å². The lowest BCUT2D eigenvalue weighted by molar-refractivity contribution is -0.115. The molecule has 1 amide bonds. The molecule has 0 heterocycles. The zero-order chi connectivity index (χ0) is 15.6. The molecule has 0 aromatic heterocycles. The van der Waals surface area contributed by atoms with E-state index in [9.17, 15) is 18.0 Å². The van der Waals surface area contributed by atoms with Crippen LogP contribution in [0.4, 0.5) is 24.5 Å². The van der Waals surface area contributed by atoms with Crippen LogP contribution in [0.15, 0.2) is 30.3 Å². The van der Waals surface area contributed by atoms with Gasteiger partial charge in [-0.05, 0) is 18.2 Å². The fraction of sp³-hybridized carbons (Fsp3) is 0.0714. The average Bonchev–Trinajstić information content (AvgIpc) is 2.38. The summed E-state index contributed by atoms with van der Waals surface area (Å²) in [5.41, 5.74) is 4.80. The second-order valence-corrected chi connectivity index (χ2v) is 4.68. The van der Waals surface area contributed by atoms with Gasteiger partial charge in [-0.25, -0.2) is 13.2 Å². The number of nitrogens with two attached hydrogens (primary N) is 1. The third kappa shape index (κ3) is 3.46. The van der Waals surface area contributed by atoms with Gasteiger partial charge >= 0.3 is 0 Å². The van der Waals surface area contributed by atoms with E-state index in [-0.39, 0.29) is 22.0 Å². The first-order valence-corrected chi connectivity index (χ1v) is 6.23. The van der Waals surface area contributed by atoms with Gasteiger partial charge in [0.1, 0.15) is 17.3 Å². The molecule has 0 fully saturated rings. The van der Waals surface area contributed by atoms with Crippen LogP contribution >= 0.6 is 11.6 Å². The zero-order valence-electron chi connectivity index (χ0n) is 10.6. The predicted molar refractivity (Wildman–Crippen MR) is 74.5 cm³/mol. The summed E-state index contributed by atoms with van der Waals surface area (Å²) in [6, 6.07) is 5.44. The number of nitrogens with one attached hydrogen (secondary N) is 1. The van der Waals surface area contributed by atoms with Crippen LogP contribution in [0.5, 0.6) is 0 Å². The molecule has 0 aliphatic heterocycles. The number of carbonyl (C=O) groups excluding carboxylic acids is 1. The Bertz CT molecular complexity index is 663. The number of nitrogen functional groups attached to an aromatic ring is 1. The highest BCUT2D eigenvalue weighted by Gasteiger charge is 2.15. The molecule has 0 spiro atoms. The lowest BCUT2D eigenvalue weighted by Crippen LogP contribution is -2.17. The van der Waals surface area contributed by atoms with Gasteiger partial charge in [0.25, 0.3) is 0 Å². The van der Waals surface area contributed by atoms with Crippen molar-refractivity contribution >= 4 is 28.9 Å². The number of halogens is 4. The lowest BCUT2D eigenvalue weighted by Gasteiger charge is -2.10. The molecule has 3 N–H and O–H groups in total. The smallest absolute Gasteiger partial charge is 0.229 e. The molecule has 3 nitrogen and oxygen atoms in total. The van der Waals surface area contributed by atoms with Crippen molar-refractivity contribution in [1.29, 1.82) is 0 Å². The Morgan fingerprint density at radius 3 is 2.52 bits per heavy atom. The Morgan fingerprint density at radius 2 is 1.90 bits per heavy atom. The first-order chi connectivity index (χ1) is 9.88. The summed E-state index contributed by atoms with van der Waals surface area (Å²) in [7, 11) is 0. The predicted octanol–water partition coefficient (Wildman–Crippen LogP) is 3.52.